The van der Waals surface area contributed by atoms with Crippen LogP contribution in [0.1, 0.15) is 6.92 Å². The van der Waals surface area contributed by atoms with E-state index in [-0.39, 0.29) is 6.61 Å². The fraction of sp³-hybridized carbons (Fsp3) is 0.400. The van der Waals surface area contributed by atoms with Gasteiger partial charge in [0, 0.05) is 0 Å². The van der Waals surface area contributed by atoms with E-state index >= 15 is 0 Å². The Kier molecular flexibility index (Phi) is 3.66. The lowest BCUT2D eigenvalue weighted by Crippen LogP contribution is -2.00. The summed E-state index contributed by atoms with van der Waals surface area (Å²) in [5.74, 6) is 0. The Balaban J connectivity index is 3.05. The van der Waals surface area contributed by atoms with Crippen LogP contribution >= 0.6 is 0 Å². The van der Waals surface area contributed by atoms with Gasteiger partial charge in [0.25, 0.3) is 0 Å². The minimum atomic E-state index is -0.983. The molecule has 1 N–H and O–H groups in total. The third-order valence-electron chi connectivity index (χ3n) is 0.546. The molecule has 0 aromatic heterocycles. The SMILES string of the molecule is C/C=C/COC([NH])=O. The number of nitrogens with one attached hydrogen (secondary N) is 1. The van der Waals surface area contributed by atoms with Gasteiger partial charge in [-0.2, -0.15) is 0 Å². The van der Waals surface area contributed by atoms with Crippen LogP contribution in [0.15, 0.2) is 12.2 Å². The topological polar surface area (TPSA) is 50.1 Å². The first-order valence-corrected chi connectivity index (χ1v) is 2.27. The lowest BCUT2D eigenvalue weighted by molar-refractivity contribution is 0.167. The van der Waals surface area contributed by atoms with Gasteiger partial charge in [0.2, 0.25) is 0 Å². The van der Waals surface area contributed by atoms with E-state index in [0.29, 0.717) is 0 Å². The van der Waals surface area contributed by atoms with Gasteiger partial charge >= 0.3 is 6.09 Å². The highest BCUT2D eigenvalue weighted by Crippen LogP contribution is 1.75. The smallest absolute Gasteiger partial charge is 0.426 e. The second-order valence-corrected chi connectivity index (χ2v) is 1.17. The maximum atomic E-state index is 9.73. The first-order chi connectivity index (χ1) is 3.77. The van der Waals surface area contributed by atoms with Crippen molar-refractivity contribution in [3.05, 3.63) is 12.2 Å². The van der Waals surface area contributed by atoms with Crippen molar-refractivity contribution in [2.24, 2.45) is 0 Å². The lowest BCUT2D eigenvalue weighted by Gasteiger charge is -1.90. The van der Waals surface area contributed by atoms with Gasteiger partial charge in [-0.25, -0.2) is 10.5 Å². The zero-order valence-corrected chi connectivity index (χ0v) is 4.68. The number of hydrogen-bond donors (Lipinski definition) is 0. The first-order valence-electron chi connectivity index (χ1n) is 2.27. The maximum absolute atomic E-state index is 9.73. The Morgan fingerprint density at radius 1 is 1.88 bits per heavy atom. The molecule has 0 saturated carbocycles. The van der Waals surface area contributed by atoms with Gasteiger partial charge in [0.05, 0.1) is 0 Å². The van der Waals surface area contributed by atoms with Crippen LogP contribution in [0.5, 0.6) is 0 Å². The molecule has 3 heteroatoms. The van der Waals surface area contributed by atoms with E-state index in [1.807, 2.05) is 6.92 Å². The van der Waals surface area contributed by atoms with Gasteiger partial charge in [0.1, 0.15) is 6.61 Å². The van der Waals surface area contributed by atoms with E-state index in [2.05, 4.69) is 4.74 Å². The van der Waals surface area contributed by atoms with Gasteiger partial charge in [0.15, 0.2) is 0 Å². The van der Waals surface area contributed by atoms with Crippen molar-refractivity contribution in [1.82, 2.24) is 5.73 Å². The third-order valence-corrected chi connectivity index (χ3v) is 0.546. The molecule has 1 radical (unpaired) electrons. The summed E-state index contributed by atoms with van der Waals surface area (Å²) in [4.78, 5) is 9.73. The van der Waals surface area contributed by atoms with Crippen molar-refractivity contribution < 1.29 is 9.53 Å². The minimum absolute atomic E-state index is 0.207. The summed E-state index contributed by atoms with van der Waals surface area (Å²) in [6.45, 7) is 2.02. The molecule has 8 heavy (non-hydrogen) atoms. The van der Waals surface area contributed by atoms with Crippen LogP contribution in [0.2, 0.25) is 0 Å². The number of hydrogen-bond acceptors (Lipinski definition) is 2. The zero-order chi connectivity index (χ0) is 6.41. The van der Waals surface area contributed by atoms with E-state index in [0.717, 1.165) is 0 Å². The molecule has 0 aliphatic rings. The van der Waals surface area contributed by atoms with Crippen molar-refractivity contribution >= 4 is 6.09 Å². The number of amides is 1. The van der Waals surface area contributed by atoms with E-state index in [1.54, 1.807) is 12.2 Å². The molecule has 0 saturated heterocycles. The fourth-order valence-corrected chi connectivity index (χ4v) is 0.220. The number of allylic oxidation sites excluding steroid dienone is 1. The Morgan fingerprint density at radius 2 is 2.50 bits per heavy atom. The summed E-state index contributed by atoms with van der Waals surface area (Å²) in [7, 11) is 0. The Morgan fingerprint density at radius 3 is 2.88 bits per heavy atom. The Labute approximate surface area is 48.1 Å². The van der Waals surface area contributed by atoms with Gasteiger partial charge in [-0.15, -0.1) is 0 Å². The summed E-state index contributed by atoms with van der Waals surface area (Å²) >= 11 is 0. The second kappa shape index (κ2) is 4.18. The summed E-state index contributed by atoms with van der Waals surface area (Å²) in [6, 6.07) is 0. The molecule has 0 bridgehead atoms. The van der Waals surface area contributed by atoms with Crippen molar-refractivity contribution in [2.45, 2.75) is 6.92 Å². The second-order valence-electron chi connectivity index (χ2n) is 1.17. The molecule has 0 rings (SSSR count). The molecule has 0 aromatic carbocycles. The minimum Gasteiger partial charge on any atom is -0.444 e. The quantitative estimate of drug-likeness (QED) is 0.502. The molecular weight excluding hydrogens is 106 g/mol. The lowest BCUT2D eigenvalue weighted by atomic mass is 10.6. The molecular formula is C5H8NO2. The van der Waals surface area contributed by atoms with Crippen molar-refractivity contribution in [1.29, 1.82) is 0 Å². The zero-order valence-electron chi connectivity index (χ0n) is 4.68. The van der Waals surface area contributed by atoms with Crippen LogP contribution in [0.4, 0.5) is 4.79 Å². The van der Waals surface area contributed by atoms with Crippen molar-refractivity contribution in [3.63, 3.8) is 0 Å². The van der Waals surface area contributed by atoms with Gasteiger partial charge in [-0.1, -0.05) is 12.2 Å². The van der Waals surface area contributed by atoms with Crippen LogP contribution in [-0.4, -0.2) is 12.7 Å². The van der Waals surface area contributed by atoms with Crippen LogP contribution in [0, 0.1) is 0 Å². The normalized spacial score (nSPS) is 9.62. The standard InChI is InChI=1S/C5H8NO2/c1-2-3-4-8-5(6)7/h2-3,6H,4H2,1H3/b3-2+. The number of rotatable bonds is 2. The van der Waals surface area contributed by atoms with E-state index < -0.39 is 6.09 Å². The average molecular weight is 114 g/mol. The Bertz CT molecular complexity index is 98.6. The molecule has 45 valence electrons. The highest BCUT2D eigenvalue weighted by molar-refractivity contribution is 5.63. The van der Waals surface area contributed by atoms with Crippen LogP contribution in [0.25, 0.3) is 0 Å². The molecule has 3 nitrogen and oxygen atoms in total. The number of carbonyl (C=O) groups excluding carboxylic acids is 1. The monoisotopic (exact) mass is 114 g/mol. The van der Waals surface area contributed by atoms with Crippen molar-refractivity contribution in [2.75, 3.05) is 6.61 Å². The van der Waals surface area contributed by atoms with Crippen LogP contribution in [0.3, 0.4) is 0 Å². The van der Waals surface area contributed by atoms with E-state index in [9.17, 15) is 4.79 Å². The Hall–Kier alpha value is -0.990. The molecule has 0 spiro atoms. The molecule has 0 atom stereocenters. The molecule has 1 amide bonds. The third kappa shape index (κ3) is 5.01. The summed E-state index contributed by atoms with van der Waals surface area (Å²) in [6.07, 6.45) is 2.43. The highest BCUT2D eigenvalue weighted by atomic mass is 16.5. The molecule has 0 fully saturated rings. The van der Waals surface area contributed by atoms with Gasteiger partial charge < -0.3 is 4.74 Å². The predicted octanol–water partition coefficient (Wildman–Crippen LogP) is 0.982. The predicted molar refractivity (Wildman–Crippen MR) is 29.3 cm³/mol. The summed E-state index contributed by atoms with van der Waals surface area (Å²) in [5, 5.41) is 0. The molecule has 0 aliphatic heterocycles. The van der Waals surface area contributed by atoms with Crippen LogP contribution in [-0.2, 0) is 4.74 Å². The molecule has 0 heterocycles. The summed E-state index contributed by atoms with van der Waals surface area (Å²) in [5.41, 5.74) is 6.26. The molecule has 0 aromatic rings. The summed E-state index contributed by atoms with van der Waals surface area (Å²) < 4.78 is 4.22. The number of ether oxygens (including phenoxy) is 1. The molecule has 0 unspecified atom stereocenters. The fourth-order valence-electron chi connectivity index (χ4n) is 0.220. The number of carbonyl (C=O) groups is 1. The first kappa shape index (κ1) is 7.01. The van der Waals surface area contributed by atoms with Crippen molar-refractivity contribution in [3.8, 4) is 0 Å². The van der Waals surface area contributed by atoms with E-state index in [1.165, 1.54) is 0 Å². The average Bonchev–Trinajstić information content (AvgIpc) is 1.66. The largest absolute Gasteiger partial charge is 0.444 e. The molecule has 0 aliphatic carbocycles. The van der Waals surface area contributed by atoms with Crippen LogP contribution < -0.4 is 5.73 Å². The maximum Gasteiger partial charge on any atom is 0.426 e. The van der Waals surface area contributed by atoms with Gasteiger partial charge in [-0.3, -0.25) is 0 Å². The van der Waals surface area contributed by atoms with E-state index in [4.69, 9.17) is 5.73 Å². The van der Waals surface area contributed by atoms with Gasteiger partial charge in [-0.05, 0) is 6.92 Å². The highest BCUT2D eigenvalue weighted by Gasteiger charge is 1.86.